The van der Waals surface area contributed by atoms with Crippen molar-refractivity contribution in [3.05, 3.63) is 57.9 Å². The molecule has 0 aliphatic carbocycles. The Morgan fingerprint density at radius 2 is 2.00 bits per heavy atom. The van der Waals surface area contributed by atoms with Crippen molar-refractivity contribution in [2.45, 2.75) is 26.3 Å². The summed E-state index contributed by atoms with van der Waals surface area (Å²) < 4.78 is 7.04. The predicted molar refractivity (Wildman–Crippen MR) is 128 cm³/mol. The second kappa shape index (κ2) is 8.60. The first-order valence-electron chi connectivity index (χ1n) is 10.6. The van der Waals surface area contributed by atoms with E-state index in [0.717, 1.165) is 32.6 Å². The molecule has 4 heterocycles. The highest BCUT2D eigenvalue weighted by Crippen LogP contribution is 2.33. The Balaban J connectivity index is 1.30. The van der Waals surface area contributed by atoms with Crippen LogP contribution in [0.4, 0.5) is 0 Å². The van der Waals surface area contributed by atoms with Gasteiger partial charge in [-0.2, -0.15) is 0 Å². The van der Waals surface area contributed by atoms with Crippen LogP contribution in [-0.2, 0) is 0 Å². The van der Waals surface area contributed by atoms with Crippen LogP contribution < -0.4 is 10.1 Å². The molecule has 33 heavy (non-hydrogen) atoms. The number of likely N-dealkylation sites (tertiary alicyclic amines) is 1. The number of aryl methyl sites for hydroxylation is 2. The Labute approximate surface area is 198 Å². The maximum absolute atomic E-state index is 13.4. The number of methoxy groups -OCH3 is 1. The van der Waals surface area contributed by atoms with E-state index in [0.29, 0.717) is 30.2 Å². The molecule has 2 amide bonds. The Morgan fingerprint density at radius 3 is 2.70 bits per heavy atom. The van der Waals surface area contributed by atoms with Gasteiger partial charge in [-0.1, -0.05) is 0 Å². The lowest BCUT2D eigenvalue weighted by Gasteiger charge is -2.40. The molecule has 10 heteroatoms. The molecule has 1 atom stereocenters. The standard InChI is InChI=1S/C23H23N5O3S2/c1-13-19(28-10-11-32-23(28)25-13)21(29)24-12-16-8-9-27(16)22(30)18-20(33-14(2)26-18)15-4-6-17(31-3)7-5-15/h4-7,10-11,16H,8-9,12H2,1-3H3,(H,24,29). The van der Waals surface area contributed by atoms with E-state index in [-0.39, 0.29) is 17.9 Å². The zero-order valence-electron chi connectivity index (χ0n) is 18.5. The number of rotatable bonds is 6. The molecule has 0 spiro atoms. The van der Waals surface area contributed by atoms with Gasteiger partial charge in [-0.25, -0.2) is 9.97 Å². The Hall–Kier alpha value is -3.24. The van der Waals surface area contributed by atoms with E-state index >= 15 is 0 Å². The van der Waals surface area contributed by atoms with Crippen LogP contribution in [0.15, 0.2) is 35.8 Å². The van der Waals surface area contributed by atoms with Crippen molar-refractivity contribution in [3.8, 4) is 16.2 Å². The van der Waals surface area contributed by atoms with Gasteiger partial charge in [0.1, 0.15) is 17.1 Å². The van der Waals surface area contributed by atoms with E-state index in [4.69, 9.17) is 4.74 Å². The van der Waals surface area contributed by atoms with Crippen molar-refractivity contribution in [1.82, 2.24) is 24.6 Å². The van der Waals surface area contributed by atoms with Crippen LogP contribution in [0.1, 0.15) is 38.1 Å². The number of carbonyl (C=O) groups excluding carboxylic acids is 2. The first kappa shape index (κ1) is 21.6. The third-order valence-electron chi connectivity index (χ3n) is 5.84. The molecule has 0 bridgehead atoms. The third-order valence-corrected chi connectivity index (χ3v) is 7.62. The molecule has 170 valence electrons. The van der Waals surface area contributed by atoms with Crippen molar-refractivity contribution in [2.75, 3.05) is 20.2 Å². The fraction of sp³-hybridized carbons (Fsp3) is 0.304. The summed E-state index contributed by atoms with van der Waals surface area (Å²) in [5, 5.41) is 5.73. The number of thiazole rings is 2. The van der Waals surface area contributed by atoms with Crippen LogP contribution in [0.5, 0.6) is 5.75 Å². The summed E-state index contributed by atoms with van der Waals surface area (Å²) in [6, 6.07) is 7.58. The Morgan fingerprint density at radius 1 is 1.21 bits per heavy atom. The summed E-state index contributed by atoms with van der Waals surface area (Å²) in [7, 11) is 1.63. The number of nitrogens with one attached hydrogen (secondary N) is 1. The van der Waals surface area contributed by atoms with E-state index in [9.17, 15) is 9.59 Å². The first-order valence-corrected chi connectivity index (χ1v) is 12.3. The molecule has 5 rings (SSSR count). The quantitative estimate of drug-likeness (QED) is 0.453. The lowest BCUT2D eigenvalue weighted by molar-refractivity contribution is 0.0451. The number of ether oxygens (including phenoxy) is 1. The lowest BCUT2D eigenvalue weighted by Crippen LogP contribution is -2.56. The molecule has 3 aromatic heterocycles. The summed E-state index contributed by atoms with van der Waals surface area (Å²) >= 11 is 3.00. The summed E-state index contributed by atoms with van der Waals surface area (Å²) in [5.74, 6) is 0.483. The molecule has 1 saturated heterocycles. The maximum atomic E-state index is 13.4. The van der Waals surface area contributed by atoms with Crippen LogP contribution in [0.3, 0.4) is 0 Å². The summed E-state index contributed by atoms with van der Waals surface area (Å²) in [6.45, 7) is 4.78. The molecule has 1 aliphatic heterocycles. The van der Waals surface area contributed by atoms with Crippen LogP contribution >= 0.6 is 22.7 Å². The fourth-order valence-electron chi connectivity index (χ4n) is 4.03. The van der Waals surface area contributed by atoms with Gasteiger partial charge in [-0.3, -0.25) is 14.0 Å². The van der Waals surface area contributed by atoms with Gasteiger partial charge >= 0.3 is 0 Å². The molecule has 1 aliphatic rings. The van der Waals surface area contributed by atoms with Gasteiger partial charge in [0.25, 0.3) is 11.8 Å². The van der Waals surface area contributed by atoms with Gasteiger partial charge in [0.15, 0.2) is 4.96 Å². The van der Waals surface area contributed by atoms with E-state index in [1.807, 2.05) is 49.7 Å². The number of imidazole rings is 1. The van der Waals surface area contributed by atoms with E-state index in [1.165, 1.54) is 22.7 Å². The second-order valence-electron chi connectivity index (χ2n) is 7.89. The number of carbonyl (C=O) groups is 2. The number of benzene rings is 1. The van der Waals surface area contributed by atoms with E-state index < -0.39 is 0 Å². The number of aromatic nitrogens is 3. The van der Waals surface area contributed by atoms with Crippen molar-refractivity contribution in [2.24, 2.45) is 0 Å². The molecular weight excluding hydrogens is 458 g/mol. The lowest BCUT2D eigenvalue weighted by atomic mass is 10.0. The van der Waals surface area contributed by atoms with Crippen molar-refractivity contribution < 1.29 is 14.3 Å². The number of hydrogen-bond acceptors (Lipinski definition) is 7. The number of amides is 2. The molecule has 8 nitrogen and oxygen atoms in total. The maximum Gasteiger partial charge on any atom is 0.274 e. The van der Waals surface area contributed by atoms with Gasteiger partial charge in [-0.15, -0.1) is 22.7 Å². The summed E-state index contributed by atoms with van der Waals surface area (Å²) in [4.78, 5) is 38.6. The highest BCUT2D eigenvalue weighted by Gasteiger charge is 2.35. The largest absolute Gasteiger partial charge is 0.497 e. The molecule has 0 saturated carbocycles. The number of fused-ring (bicyclic) bond motifs is 1. The van der Waals surface area contributed by atoms with E-state index in [2.05, 4.69) is 15.3 Å². The zero-order valence-corrected chi connectivity index (χ0v) is 20.1. The van der Waals surface area contributed by atoms with E-state index in [1.54, 1.807) is 16.4 Å². The predicted octanol–water partition coefficient (Wildman–Crippen LogP) is 3.79. The minimum Gasteiger partial charge on any atom is -0.497 e. The van der Waals surface area contributed by atoms with Crippen molar-refractivity contribution >= 4 is 39.4 Å². The van der Waals surface area contributed by atoms with Gasteiger partial charge < -0.3 is 15.0 Å². The molecular formula is C23H23N5O3S2. The summed E-state index contributed by atoms with van der Waals surface area (Å²) in [5.41, 5.74) is 2.64. The number of nitrogens with zero attached hydrogens (tertiary/aromatic N) is 4. The fourth-order valence-corrected chi connectivity index (χ4v) is 5.70. The molecule has 0 radical (unpaired) electrons. The average Bonchev–Trinajstić information content (AvgIpc) is 3.47. The van der Waals surface area contributed by atoms with Crippen LogP contribution in [0.2, 0.25) is 0 Å². The van der Waals surface area contributed by atoms with Crippen molar-refractivity contribution in [3.63, 3.8) is 0 Å². The van der Waals surface area contributed by atoms with Gasteiger partial charge in [0.05, 0.1) is 28.7 Å². The van der Waals surface area contributed by atoms with Crippen LogP contribution in [0, 0.1) is 13.8 Å². The Bertz CT molecular complexity index is 1340. The monoisotopic (exact) mass is 481 g/mol. The van der Waals surface area contributed by atoms with Crippen LogP contribution in [-0.4, -0.2) is 57.3 Å². The Kier molecular flexibility index (Phi) is 5.63. The molecule has 4 aromatic rings. The number of hydrogen-bond donors (Lipinski definition) is 1. The highest BCUT2D eigenvalue weighted by molar-refractivity contribution is 7.15. The van der Waals surface area contributed by atoms with Gasteiger partial charge in [0, 0.05) is 24.7 Å². The van der Waals surface area contributed by atoms with Gasteiger partial charge in [0.2, 0.25) is 0 Å². The topological polar surface area (TPSA) is 88.8 Å². The minimum absolute atomic E-state index is 0.0571. The minimum atomic E-state index is -0.180. The summed E-state index contributed by atoms with van der Waals surface area (Å²) in [6.07, 6.45) is 2.69. The molecule has 1 N–H and O–H groups in total. The molecule has 1 aromatic carbocycles. The normalized spacial score (nSPS) is 15.5. The van der Waals surface area contributed by atoms with Crippen molar-refractivity contribution in [1.29, 1.82) is 0 Å². The molecule has 1 fully saturated rings. The smallest absolute Gasteiger partial charge is 0.274 e. The van der Waals surface area contributed by atoms with Gasteiger partial charge in [-0.05, 0) is 50.1 Å². The SMILES string of the molecule is COc1ccc(-c2sc(C)nc2C(=O)N2CCC2CNC(=O)c2c(C)nc3sccn23)cc1. The van der Waals surface area contributed by atoms with Crippen LogP contribution in [0.25, 0.3) is 15.4 Å². The third kappa shape index (κ3) is 3.89. The second-order valence-corrected chi connectivity index (χ2v) is 9.97. The zero-order chi connectivity index (χ0) is 23.1. The average molecular weight is 482 g/mol. The first-order chi connectivity index (χ1) is 16.0. The molecule has 1 unspecified atom stereocenters. The highest BCUT2D eigenvalue weighted by atomic mass is 32.1.